The maximum absolute atomic E-state index is 5.32. The summed E-state index contributed by atoms with van der Waals surface area (Å²) in [6, 6.07) is 0.931. The normalized spacial score (nSPS) is 29.0. The van der Waals surface area contributed by atoms with E-state index in [-0.39, 0.29) is 0 Å². The van der Waals surface area contributed by atoms with Crippen LogP contribution in [0.1, 0.15) is 410 Å². The van der Waals surface area contributed by atoms with Gasteiger partial charge in [-0.2, -0.15) is 0 Å². The Hall–Kier alpha value is -0.860. The van der Waals surface area contributed by atoms with Crippen LogP contribution in [0.2, 0.25) is 0 Å². The third-order valence-corrected chi connectivity index (χ3v) is 32.2. The first-order valence-corrected chi connectivity index (χ1v) is 54.8. The summed E-state index contributed by atoms with van der Waals surface area (Å²) in [5, 5.41) is 6.81. The molecule has 4 saturated carbocycles. The molecule has 0 amide bonds. The second-order valence-electron chi connectivity index (χ2n) is 56.7. The molecular weight excluding hydrogens is 1580 g/mol. The Labute approximate surface area is 806 Å². The molecule has 15 aliphatic heterocycles. The summed E-state index contributed by atoms with van der Waals surface area (Å²) in [5.74, 6) is 7.35. The van der Waals surface area contributed by atoms with E-state index < -0.39 is 0 Å². The molecule has 19 aliphatic rings. The van der Waals surface area contributed by atoms with Crippen LogP contribution in [-0.2, 0) is 9.47 Å². The number of hydrogen-bond donors (Lipinski definition) is 2. The third-order valence-electron chi connectivity index (χ3n) is 32.2. The number of nitrogens with zero attached hydrogens (tertiary/aromatic N) is 11. The van der Waals surface area contributed by atoms with Crippen LogP contribution in [-0.4, -0.2) is 311 Å². The number of rotatable bonds is 0. The second-order valence-corrected chi connectivity index (χ2v) is 56.7. The van der Waals surface area contributed by atoms with Crippen molar-refractivity contribution < 1.29 is 9.47 Å². The summed E-state index contributed by atoms with van der Waals surface area (Å²) < 4.78 is 10.6. The van der Waals surface area contributed by atoms with Crippen LogP contribution in [0.4, 0.5) is 0 Å². The van der Waals surface area contributed by atoms with Crippen molar-refractivity contribution in [1.29, 1.82) is 0 Å². The van der Waals surface area contributed by atoms with Gasteiger partial charge in [-0.05, 0) is 476 Å². The highest BCUT2D eigenvalue weighted by Crippen LogP contribution is 2.46. The number of piperidine rings is 6. The zero-order valence-corrected chi connectivity index (χ0v) is 94.0. The fourth-order valence-electron chi connectivity index (χ4n) is 22.4. The molecule has 2 spiro atoms. The number of fused-ring (bicyclic) bond motifs is 7. The maximum atomic E-state index is 5.32. The highest BCUT2D eigenvalue weighted by molar-refractivity contribution is 5.02. The topological polar surface area (TPSA) is 78.2 Å². The molecule has 2 N–H and O–H groups in total. The van der Waals surface area contributed by atoms with E-state index in [1.165, 1.54) is 271 Å². The molecule has 0 aromatic heterocycles. The SMILES string of the molecule is C1CC2CCC1C2.CC(C)(C)C.CC(C)(C)N1CC2CC(C2)C1.CC(C)(C)N1CC2CCC1C2.CC(C)(C)N1CC2CNCC2C1.CC(C)(C)N1CC=CC1.CC(C)(C)N1CCC1.CC(C)(C)N1CCC2(CC1)COC2.CC(C)(C)N1CCC2(CC1)COC2.CC(C)(C)N1CCCC1.CC(C)(C)N1CCCCC1.CC(C)(C)N1CCCCCC1.CC(C)(C)N1CCNCC1. The summed E-state index contributed by atoms with van der Waals surface area (Å²) in [6.45, 7) is 120. The van der Waals surface area contributed by atoms with Crippen molar-refractivity contribution in [2.24, 2.45) is 57.7 Å². The van der Waals surface area contributed by atoms with Gasteiger partial charge in [-0.3, -0.25) is 53.9 Å². The highest BCUT2D eigenvalue weighted by atomic mass is 16.5. The van der Waals surface area contributed by atoms with Crippen molar-refractivity contribution in [2.45, 2.75) is 477 Å². The van der Waals surface area contributed by atoms with Crippen molar-refractivity contribution in [3.8, 4) is 0 Å². The summed E-state index contributed by atoms with van der Waals surface area (Å²) >= 11 is 0. The molecule has 4 atom stereocenters. The molecule has 4 unspecified atom stereocenters. The smallest absolute Gasteiger partial charge is 0.0545 e. The van der Waals surface area contributed by atoms with Gasteiger partial charge < -0.3 is 20.1 Å². The lowest BCUT2D eigenvalue weighted by atomic mass is 9.70. The van der Waals surface area contributed by atoms with E-state index in [1.54, 1.807) is 32.1 Å². The minimum atomic E-state index is 0.351. The summed E-state index contributed by atoms with van der Waals surface area (Å²) in [5.41, 5.74) is 5.94. The minimum absolute atomic E-state index is 0.351. The summed E-state index contributed by atoms with van der Waals surface area (Å²) in [4.78, 5) is 28.3. The van der Waals surface area contributed by atoms with Gasteiger partial charge in [0.2, 0.25) is 0 Å². The number of ether oxygens (including phenoxy) is 2. The molecule has 762 valence electrons. The molecule has 19 rings (SSSR count). The molecule has 0 aromatic rings. The molecule has 6 bridgehead atoms. The third kappa shape index (κ3) is 43.0. The average molecular weight is 1810 g/mol. The molecule has 4 aliphatic carbocycles. The van der Waals surface area contributed by atoms with Gasteiger partial charge in [0.25, 0.3) is 0 Å². The zero-order valence-electron chi connectivity index (χ0n) is 94.0. The van der Waals surface area contributed by atoms with Gasteiger partial charge in [-0.15, -0.1) is 0 Å². The number of piperazine rings is 1. The Morgan fingerprint density at radius 2 is 0.504 bits per heavy atom. The maximum Gasteiger partial charge on any atom is 0.0545 e. The first-order valence-electron chi connectivity index (χ1n) is 54.8. The van der Waals surface area contributed by atoms with Crippen molar-refractivity contribution in [3.63, 3.8) is 0 Å². The Bertz CT molecular complexity index is 2850. The molecule has 0 radical (unpaired) electrons. The van der Waals surface area contributed by atoms with Crippen LogP contribution in [0, 0.1) is 57.7 Å². The number of hydrogen-bond acceptors (Lipinski definition) is 15. The molecule has 14 saturated heterocycles. The molecular formula is C114H229N13O2. The van der Waals surface area contributed by atoms with Gasteiger partial charge in [0.15, 0.2) is 0 Å². The van der Waals surface area contributed by atoms with Gasteiger partial charge in [0.05, 0.1) is 26.4 Å². The van der Waals surface area contributed by atoms with Crippen molar-refractivity contribution in [2.75, 3.05) is 190 Å². The summed E-state index contributed by atoms with van der Waals surface area (Å²) in [7, 11) is 0. The first kappa shape index (κ1) is 117. The molecule has 15 nitrogen and oxygen atoms in total. The molecule has 15 heterocycles. The van der Waals surface area contributed by atoms with E-state index in [1.807, 2.05) is 0 Å². The standard InChI is InChI=1S/2C11H21NO.C10H20N2.2C10H19N.C10H21N.C9H19N.C8H18N2.C8H17N.C8H15N.C7H15N.C7H12.C5H12/c2*1-10(2,3)12-6-4-11(5-7-12)8-13-9-11;1-10(2,3)12-6-8-4-11-5-9(8)7-12;1-10(2,3)11-6-8-4-9(5-8)7-11;1-10(2,3)11-7-8-4-5-9(11)6-8;1-10(2,3)11-8-6-4-5-7-9-11;1-9(2,3)10-7-5-4-6-8-10;1-8(2,3)10-6-4-9-5-7-10;2*1-8(2,3)9-6-4-5-7-9;1-7(2,3)8-5-4-6-8;1-2-7-4-3-6(1)5-7;1-5(2,3)4/h2*4-9H2,1-3H3;8-9,11H,4-7H2,1-3H3;2*8-9H,4-7H2,1-3H3;4-9H2,1-3H3;4-8H2,1-3H3;9H,4-7H2,1-3H3;4-7H2,1-3H3;4-5H,6-7H2,1-3H3;4-6H2,1-3H3;6-7H,1-5H2;1-4H3. The Morgan fingerprint density at radius 1 is 0.240 bits per heavy atom. The number of likely N-dealkylation sites (tertiary alicyclic amines) is 8. The predicted octanol–water partition coefficient (Wildman–Crippen LogP) is 24.0. The highest BCUT2D eigenvalue weighted by Gasteiger charge is 2.47. The lowest BCUT2D eigenvalue weighted by Crippen LogP contribution is -2.55. The van der Waals surface area contributed by atoms with Crippen LogP contribution < -0.4 is 10.6 Å². The largest absolute Gasteiger partial charge is 0.380 e. The molecule has 129 heavy (non-hydrogen) atoms. The first-order chi connectivity index (χ1) is 59.3. The van der Waals surface area contributed by atoms with Crippen LogP contribution in [0.5, 0.6) is 0 Å². The number of nitrogens with one attached hydrogen (secondary N) is 2. The monoisotopic (exact) mass is 1810 g/mol. The van der Waals surface area contributed by atoms with Gasteiger partial charge in [-0.1, -0.05) is 84.8 Å². The molecule has 15 heteroatoms. The van der Waals surface area contributed by atoms with Crippen LogP contribution in [0.15, 0.2) is 12.2 Å². The van der Waals surface area contributed by atoms with E-state index in [0.29, 0.717) is 77.2 Å². The minimum Gasteiger partial charge on any atom is -0.380 e. The van der Waals surface area contributed by atoms with Gasteiger partial charge in [-0.25, -0.2) is 0 Å². The lowest BCUT2D eigenvalue weighted by molar-refractivity contribution is -0.145. The Kier molecular flexibility index (Phi) is 46.2. The fourth-order valence-corrected chi connectivity index (χ4v) is 22.4. The lowest BCUT2D eigenvalue weighted by Gasteiger charge is -2.52. The van der Waals surface area contributed by atoms with Crippen LogP contribution in [0.25, 0.3) is 0 Å². The van der Waals surface area contributed by atoms with Gasteiger partial charge in [0, 0.05) is 150 Å². The predicted molar refractivity (Wildman–Crippen MR) is 565 cm³/mol. The zero-order chi connectivity index (χ0) is 96.7. The van der Waals surface area contributed by atoms with E-state index in [9.17, 15) is 0 Å². The average Bonchev–Trinajstić information content (AvgIpc) is 1.39. The van der Waals surface area contributed by atoms with Crippen molar-refractivity contribution in [1.82, 2.24) is 64.5 Å². The van der Waals surface area contributed by atoms with E-state index in [2.05, 4.69) is 333 Å². The molecule has 0 aromatic carbocycles. The van der Waals surface area contributed by atoms with Crippen LogP contribution >= 0.6 is 0 Å². The van der Waals surface area contributed by atoms with Crippen LogP contribution in [0.3, 0.4) is 0 Å². The molecule has 18 fully saturated rings. The Morgan fingerprint density at radius 3 is 0.713 bits per heavy atom. The Balaban J connectivity index is 0.000000217. The van der Waals surface area contributed by atoms with Gasteiger partial charge in [0.1, 0.15) is 0 Å². The van der Waals surface area contributed by atoms with E-state index in [4.69, 9.17) is 9.47 Å². The summed E-state index contributed by atoms with van der Waals surface area (Å²) in [6.07, 6.45) is 39.2. The van der Waals surface area contributed by atoms with Crippen molar-refractivity contribution >= 4 is 0 Å². The van der Waals surface area contributed by atoms with Crippen molar-refractivity contribution in [3.05, 3.63) is 12.2 Å². The van der Waals surface area contributed by atoms with Gasteiger partial charge >= 0.3 is 0 Å². The van der Waals surface area contributed by atoms with E-state index in [0.717, 1.165) is 88.2 Å². The fraction of sp³-hybridized carbons (Fsp3) is 0.982. The second kappa shape index (κ2) is 51.0. The quantitative estimate of drug-likeness (QED) is 0.226. The van der Waals surface area contributed by atoms with E-state index >= 15 is 0 Å².